The van der Waals surface area contributed by atoms with E-state index in [4.69, 9.17) is 9.40 Å². The zero-order valence-electron chi connectivity index (χ0n) is 15.3. The number of furan rings is 1. The maximum Gasteiger partial charge on any atom is 0.362 e. The second-order valence-corrected chi connectivity index (χ2v) is 7.45. The molecule has 142 valence electrons. The van der Waals surface area contributed by atoms with Crippen LogP contribution in [0.3, 0.4) is 0 Å². The number of rotatable bonds is 7. The van der Waals surface area contributed by atoms with Crippen LogP contribution in [0.1, 0.15) is 6.42 Å². The molecule has 0 aliphatic heterocycles. The normalized spacial score (nSPS) is 12.5. The van der Waals surface area contributed by atoms with Crippen molar-refractivity contribution in [1.82, 2.24) is 9.97 Å². The number of benzene rings is 2. The maximum atomic E-state index is 11.8. The van der Waals surface area contributed by atoms with Gasteiger partial charge in [0.2, 0.25) is 5.58 Å². The van der Waals surface area contributed by atoms with Gasteiger partial charge < -0.3 is 9.52 Å². The minimum Gasteiger partial charge on any atom is -0.477 e. The van der Waals surface area contributed by atoms with Crippen LogP contribution in [0.25, 0.3) is 33.5 Å². The highest BCUT2D eigenvalue weighted by atomic mass is 32.2. The van der Waals surface area contributed by atoms with Crippen LogP contribution in [-0.2, 0) is 4.79 Å². The largest absolute Gasteiger partial charge is 0.477 e. The third kappa shape index (κ3) is 3.58. The van der Waals surface area contributed by atoms with Gasteiger partial charge in [-0.2, -0.15) is 16.7 Å². The molecule has 1 atom stereocenters. The minimum absolute atomic E-state index is 0.522. The van der Waals surface area contributed by atoms with E-state index in [0.717, 1.165) is 16.7 Å². The highest BCUT2D eigenvalue weighted by molar-refractivity contribution is 7.98. The first kappa shape index (κ1) is 18.5. The lowest BCUT2D eigenvalue weighted by Gasteiger charge is -2.10. The summed E-state index contributed by atoms with van der Waals surface area (Å²) in [6.45, 7) is 0. The fourth-order valence-corrected chi connectivity index (χ4v) is 3.64. The highest BCUT2D eigenvalue weighted by Gasteiger charge is 2.26. The Morgan fingerprint density at radius 3 is 2.64 bits per heavy atom. The molecule has 3 N–H and O–H groups in total. The Balaban J connectivity index is 1.88. The average Bonchev–Trinajstić information content (AvgIpc) is 3.10. The molecule has 2 aromatic carbocycles. The van der Waals surface area contributed by atoms with Crippen molar-refractivity contribution in [2.75, 3.05) is 12.0 Å². The summed E-state index contributed by atoms with van der Waals surface area (Å²) in [6.07, 6.45) is 2.50. The number of nitrogens with zero attached hydrogens (tertiary/aromatic N) is 2. The lowest BCUT2D eigenvalue weighted by molar-refractivity contribution is -0.601. The summed E-state index contributed by atoms with van der Waals surface area (Å²) in [5.74, 6) is 0.972. The quantitative estimate of drug-likeness (QED) is 0.499. The van der Waals surface area contributed by atoms with Crippen molar-refractivity contribution < 1.29 is 19.6 Å². The van der Waals surface area contributed by atoms with E-state index in [0.29, 0.717) is 34.7 Å². The van der Waals surface area contributed by atoms with Gasteiger partial charge in [0.15, 0.2) is 11.9 Å². The summed E-state index contributed by atoms with van der Waals surface area (Å²) in [4.78, 5) is 21.2. The molecule has 0 saturated carbocycles. The number of nitrogens with two attached hydrogens (primary N) is 1. The molecule has 0 aliphatic rings. The van der Waals surface area contributed by atoms with Gasteiger partial charge in [0, 0.05) is 17.4 Å². The van der Waals surface area contributed by atoms with Gasteiger partial charge in [-0.15, -0.1) is 0 Å². The van der Waals surface area contributed by atoms with Crippen LogP contribution >= 0.6 is 11.8 Å². The third-order valence-corrected chi connectivity index (χ3v) is 5.23. The standard InChI is InChI=1S/C21H19N3O3S/c1-28-12-11-15(21(25)26)22-20-18-17(14-9-5-6-10-16(14)27-18)23-19(24-20)13-7-3-2-4-8-13/h2-10,15H,11-12H2,1H3,(H,25,26)(H,22,23,24)/p+1. The summed E-state index contributed by atoms with van der Waals surface area (Å²) in [5, 5.41) is 12.2. The average molecular weight is 394 g/mol. The number of aromatic nitrogens is 2. The van der Waals surface area contributed by atoms with Crippen LogP contribution in [0.2, 0.25) is 0 Å². The van der Waals surface area contributed by atoms with Gasteiger partial charge in [-0.25, -0.2) is 9.78 Å². The first-order chi connectivity index (χ1) is 13.7. The molecule has 2 aromatic heterocycles. The van der Waals surface area contributed by atoms with Crippen molar-refractivity contribution in [3.8, 4) is 11.4 Å². The summed E-state index contributed by atoms with van der Waals surface area (Å²) in [5.41, 5.74) is 2.81. The molecule has 7 heteroatoms. The first-order valence-corrected chi connectivity index (χ1v) is 10.4. The van der Waals surface area contributed by atoms with E-state index in [1.54, 1.807) is 17.1 Å². The summed E-state index contributed by atoms with van der Waals surface area (Å²) < 4.78 is 6.01. The monoisotopic (exact) mass is 394 g/mol. The van der Waals surface area contributed by atoms with E-state index >= 15 is 0 Å². The Hall–Kier alpha value is -2.90. The number of carbonyl (C=O) groups is 1. The molecule has 0 saturated heterocycles. The second-order valence-electron chi connectivity index (χ2n) is 6.47. The van der Waals surface area contributed by atoms with Gasteiger partial charge in [0.05, 0.1) is 0 Å². The van der Waals surface area contributed by atoms with E-state index in [9.17, 15) is 9.90 Å². The minimum atomic E-state index is -0.863. The lowest BCUT2D eigenvalue weighted by atomic mass is 10.2. The van der Waals surface area contributed by atoms with Crippen molar-refractivity contribution in [3.05, 3.63) is 54.6 Å². The van der Waals surface area contributed by atoms with Gasteiger partial charge in [-0.05, 0) is 24.1 Å². The number of carboxylic acid groups (broad SMARTS) is 1. The number of carboxylic acids is 1. The SMILES string of the molecule is CSCCC([NH2+]c1nc(-c2ccccc2)nc2c1oc1ccccc12)C(=O)O. The van der Waals surface area contributed by atoms with Gasteiger partial charge >= 0.3 is 5.97 Å². The van der Waals surface area contributed by atoms with Gasteiger partial charge in [-0.1, -0.05) is 42.5 Å². The molecule has 4 rings (SSSR count). The predicted molar refractivity (Wildman–Crippen MR) is 111 cm³/mol. The Bertz CT molecular complexity index is 1130. The molecule has 0 radical (unpaired) electrons. The Morgan fingerprint density at radius 1 is 1.14 bits per heavy atom. The molecular weight excluding hydrogens is 374 g/mol. The van der Waals surface area contributed by atoms with E-state index < -0.39 is 12.0 Å². The number of hydrogen-bond acceptors (Lipinski definition) is 5. The summed E-state index contributed by atoms with van der Waals surface area (Å²) >= 11 is 1.63. The van der Waals surface area contributed by atoms with Crippen LogP contribution in [0.5, 0.6) is 0 Å². The van der Waals surface area contributed by atoms with Crippen LogP contribution in [0, 0.1) is 0 Å². The van der Waals surface area contributed by atoms with E-state index in [1.165, 1.54) is 0 Å². The number of para-hydroxylation sites is 1. The topological polar surface area (TPSA) is 92.8 Å². The molecule has 28 heavy (non-hydrogen) atoms. The number of thioether (sulfide) groups is 1. The van der Waals surface area contributed by atoms with Crippen molar-refractivity contribution >= 4 is 45.6 Å². The van der Waals surface area contributed by atoms with Gasteiger partial charge in [-0.3, -0.25) is 5.32 Å². The van der Waals surface area contributed by atoms with Gasteiger partial charge in [0.25, 0.3) is 5.82 Å². The molecule has 6 nitrogen and oxygen atoms in total. The van der Waals surface area contributed by atoms with Crippen LogP contribution in [0.15, 0.2) is 59.0 Å². The zero-order valence-corrected chi connectivity index (χ0v) is 16.1. The Morgan fingerprint density at radius 2 is 1.89 bits per heavy atom. The summed E-state index contributed by atoms with van der Waals surface area (Å²) in [6, 6.07) is 16.7. The number of aliphatic carboxylic acids is 1. The van der Waals surface area contributed by atoms with E-state index in [1.807, 2.05) is 60.9 Å². The van der Waals surface area contributed by atoms with Crippen LogP contribution < -0.4 is 5.32 Å². The van der Waals surface area contributed by atoms with E-state index in [-0.39, 0.29) is 0 Å². The second kappa shape index (κ2) is 8.00. The van der Waals surface area contributed by atoms with Crippen molar-refractivity contribution in [2.45, 2.75) is 12.5 Å². The van der Waals surface area contributed by atoms with E-state index in [2.05, 4.69) is 4.98 Å². The molecular formula is C21H20N3O3S+. The Labute approximate surface area is 166 Å². The Kier molecular flexibility index (Phi) is 5.27. The van der Waals surface area contributed by atoms with Crippen LogP contribution in [-0.4, -0.2) is 39.1 Å². The fourth-order valence-electron chi connectivity index (χ4n) is 3.16. The molecule has 1 unspecified atom stereocenters. The smallest absolute Gasteiger partial charge is 0.362 e. The zero-order chi connectivity index (χ0) is 19.5. The lowest BCUT2D eigenvalue weighted by Crippen LogP contribution is -2.87. The molecule has 2 heterocycles. The van der Waals surface area contributed by atoms with Crippen molar-refractivity contribution in [1.29, 1.82) is 0 Å². The molecule has 0 spiro atoms. The van der Waals surface area contributed by atoms with Crippen molar-refractivity contribution in [2.24, 2.45) is 0 Å². The number of fused-ring (bicyclic) bond motifs is 3. The molecule has 0 aliphatic carbocycles. The molecule has 4 aromatic rings. The predicted octanol–water partition coefficient (Wildman–Crippen LogP) is 3.44. The molecule has 0 fully saturated rings. The first-order valence-electron chi connectivity index (χ1n) is 8.98. The number of hydrogen-bond donors (Lipinski definition) is 2. The molecule has 0 bridgehead atoms. The third-order valence-electron chi connectivity index (χ3n) is 4.59. The highest BCUT2D eigenvalue weighted by Crippen LogP contribution is 2.31. The molecule has 0 amide bonds. The van der Waals surface area contributed by atoms with Crippen molar-refractivity contribution in [3.63, 3.8) is 0 Å². The maximum absolute atomic E-state index is 11.8. The van der Waals surface area contributed by atoms with Gasteiger partial charge in [0.1, 0.15) is 11.1 Å². The summed E-state index contributed by atoms with van der Waals surface area (Å²) in [7, 11) is 0. The number of quaternary nitrogens is 1. The van der Waals surface area contributed by atoms with Crippen LogP contribution in [0.4, 0.5) is 5.82 Å². The fraction of sp³-hybridized carbons (Fsp3) is 0.190.